The Bertz CT molecular complexity index is 433. The van der Waals surface area contributed by atoms with Crippen molar-refractivity contribution in [2.45, 2.75) is 45.8 Å². The van der Waals surface area contributed by atoms with Gasteiger partial charge in [-0.05, 0) is 47.8 Å². The molecular formula is C14H21BrN2O2. The number of nitrogen functional groups attached to an aromatic ring is 1. The van der Waals surface area contributed by atoms with Gasteiger partial charge in [0.1, 0.15) is 5.75 Å². The smallest absolute Gasteiger partial charge is 0.260 e. The molecule has 1 rings (SSSR count). The van der Waals surface area contributed by atoms with Gasteiger partial charge < -0.3 is 15.8 Å². The molecule has 0 spiro atoms. The molecule has 0 saturated heterocycles. The summed E-state index contributed by atoms with van der Waals surface area (Å²) in [6.45, 7) is 5.83. The van der Waals surface area contributed by atoms with Gasteiger partial charge in [0.05, 0.1) is 4.47 Å². The molecule has 0 aliphatic heterocycles. The van der Waals surface area contributed by atoms with Gasteiger partial charge in [0.15, 0.2) is 6.10 Å². The van der Waals surface area contributed by atoms with Crippen LogP contribution in [0.3, 0.4) is 0 Å². The van der Waals surface area contributed by atoms with Crippen molar-refractivity contribution in [3.63, 3.8) is 0 Å². The lowest BCUT2D eigenvalue weighted by Gasteiger charge is -2.20. The highest BCUT2D eigenvalue weighted by atomic mass is 79.9. The molecule has 0 fully saturated rings. The molecule has 1 aromatic rings. The second-order valence-corrected chi connectivity index (χ2v) is 5.23. The highest BCUT2D eigenvalue weighted by Crippen LogP contribution is 2.30. The number of halogens is 1. The minimum absolute atomic E-state index is 0.108. The summed E-state index contributed by atoms with van der Waals surface area (Å²) in [5.41, 5.74) is 6.36. The fraction of sp³-hybridized carbons (Fsp3) is 0.500. The van der Waals surface area contributed by atoms with E-state index in [4.69, 9.17) is 10.5 Å². The first kappa shape index (κ1) is 15.8. The second-order valence-electron chi connectivity index (χ2n) is 4.44. The number of carbonyl (C=O) groups excluding carboxylic acids is 1. The van der Waals surface area contributed by atoms with E-state index in [0.717, 1.165) is 12.8 Å². The zero-order valence-electron chi connectivity index (χ0n) is 11.6. The fourth-order valence-corrected chi connectivity index (χ4v) is 2.03. The maximum Gasteiger partial charge on any atom is 0.260 e. The zero-order valence-corrected chi connectivity index (χ0v) is 13.2. The number of ether oxygens (including phenoxy) is 1. The van der Waals surface area contributed by atoms with Gasteiger partial charge >= 0.3 is 0 Å². The van der Waals surface area contributed by atoms with E-state index in [1.54, 1.807) is 25.1 Å². The quantitative estimate of drug-likeness (QED) is 0.788. The normalized spacial score (nSPS) is 12.3. The molecule has 0 aliphatic carbocycles. The Labute approximate surface area is 122 Å². The van der Waals surface area contributed by atoms with Crippen LogP contribution < -0.4 is 15.8 Å². The molecule has 5 heteroatoms. The van der Waals surface area contributed by atoms with E-state index in [2.05, 4.69) is 35.1 Å². The van der Waals surface area contributed by atoms with E-state index in [1.165, 1.54) is 0 Å². The van der Waals surface area contributed by atoms with E-state index in [-0.39, 0.29) is 11.9 Å². The number of rotatable bonds is 6. The van der Waals surface area contributed by atoms with Gasteiger partial charge in [-0.3, -0.25) is 4.79 Å². The Balaban J connectivity index is 2.66. The lowest BCUT2D eigenvalue weighted by molar-refractivity contribution is -0.128. The summed E-state index contributed by atoms with van der Waals surface area (Å²) in [7, 11) is 0. The van der Waals surface area contributed by atoms with Crippen LogP contribution in [0.1, 0.15) is 33.6 Å². The molecule has 3 N–H and O–H groups in total. The Hall–Kier alpha value is -1.23. The van der Waals surface area contributed by atoms with Crippen LogP contribution in [0.25, 0.3) is 0 Å². The number of hydrogen-bond donors (Lipinski definition) is 2. The summed E-state index contributed by atoms with van der Waals surface area (Å²) in [5, 5.41) is 2.96. The van der Waals surface area contributed by atoms with E-state index in [0.29, 0.717) is 15.9 Å². The predicted octanol–water partition coefficient (Wildman–Crippen LogP) is 3.10. The summed E-state index contributed by atoms with van der Waals surface area (Å²) in [6, 6.07) is 5.54. The highest BCUT2D eigenvalue weighted by Gasteiger charge is 2.18. The number of carbonyl (C=O) groups is 1. The first-order chi connectivity index (χ1) is 8.99. The standard InChI is InChI=1S/C14H21BrN2O2/c1-4-10(5-2)17-14(18)9(3)19-12-8-6-7-11(16)13(12)15/h6-10H,4-5,16H2,1-3H3,(H,17,18). The molecule has 0 heterocycles. The van der Waals surface area contributed by atoms with E-state index in [1.807, 2.05) is 0 Å². The number of anilines is 1. The minimum Gasteiger partial charge on any atom is -0.480 e. The summed E-state index contributed by atoms with van der Waals surface area (Å²) < 4.78 is 6.32. The van der Waals surface area contributed by atoms with Crippen LogP contribution in [0.15, 0.2) is 22.7 Å². The Morgan fingerprint density at radius 3 is 2.63 bits per heavy atom. The third-order valence-electron chi connectivity index (χ3n) is 3.00. The molecule has 0 aromatic heterocycles. The molecule has 106 valence electrons. The van der Waals surface area contributed by atoms with Gasteiger partial charge in [-0.25, -0.2) is 0 Å². The average Bonchev–Trinajstić information content (AvgIpc) is 2.40. The van der Waals surface area contributed by atoms with Gasteiger partial charge in [0, 0.05) is 11.7 Å². The topological polar surface area (TPSA) is 64.3 Å². The molecule has 4 nitrogen and oxygen atoms in total. The van der Waals surface area contributed by atoms with Gasteiger partial charge in [-0.15, -0.1) is 0 Å². The Kier molecular flexibility index (Phi) is 6.15. The number of benzene rings is 1. The van der Waals surface area contributed by atoms with Crippen LogP contribution in [0.2, 0.25) is 0 Å². The molecule has 0 saturated carbocycles. The maximum absolute atomic E-state index is 12.0. The fourth-order valence-electron chi connectivity index (χ4n) is 1.67. The molecule has 1 amide bonds. The van der Waals surface area contributed by atoms with Crippen molar-refractivity contribution in [2.75, 3.05) is 5.73 Å². The zero-order chi connectivity index (χ0) is 14.4. The van der Waals surface area contributed by atoms with Gasteiger partial charge in [0.2, 0.25) is 0 Å². The molecule has 1 unspecified atom stereocenters. The molecule has 19 heavy (non-hydrogen) atoms. The van der Waals surface area contributed by atoms with Crippen LogP contribution in [-0.2, 0) is 4.79 Å². The van der Waals surface area contributed by atoms with Crippen LogP contribution in [0.4, 0.5) is 5.69 Å². The molecule has 0 bridgehead atoms. The summed E-state index contributed by atoms with van der Waals surface area (Å²) >= 11 is 3.35. The molecule has 1 aromatic carbocycles. The summed E-state index contributed by atoms with van der Waals surface area (Å²) in [5.74, 6) is 0.468. The van der Waals surface area contributed by atoms with Crippen LogP contribution in [0.5, 0.6) is 5.75 Å². The molecule has 0 radical (unpaired) electrons. The highest BCUT2D eigenvalue weighted by molar-refractivity contribution is 9.10. The van der Waals surface area contributed by atoms with Crippen molar-refractivity contribution in [1.29, 1.82) is 0 Å². The summed E-state index contributed by atoms with van der Waals surface area (Å²) in [4.78, 5) is 12.0. The number of amides is 1. The van der Waals surface area contributed by atoms with E-state index >= 15 is 0 Å². The maximum atomic E-state index is 12.0. The van der Waals surface area contributed by atoms with E-state index in [9.17, 15) is 4.79 Å². The largest absolute Gasteiger partial charge is 0.480 e. The Morgan fingerprint density at radius 1 is 1.42 bits per heavy atom. The van der Waals surface area contributed by atoms with Crippen molar-refractivity contribution in [3.8, 4) is 5.75 Å². The third kappa shape index (κ3) is 4.42. The molecule has 1 atom stereocenters. The Morgan fingerprint density at radius 2 is 2.05 bits per heavy atom. The first-order valence-electron chi connectivity index (χ1n) is 6.50. The second kappa shape index (κ2) is 7.38. The molecule has 0 aliphatic rings. The van der Waals surface area contributed by atoms with Crippen molar-refractivity contribution < 1.29 is 9.53 Å². The van der Waals surface area contributed by atoms with Gasteiger partial charge in [0.25, 0.3) is 5.91 Å². The molecular weight excluding hydrogens is 308 g/mol. The van der Waals surface area contributed by atoms with Crippen LogP contribution in [-0.4, -0.2) is 18.1 Å². The van der Waals surface area contributed by atoms with Crippen molar-refractivity contribution in [1.82, 2.24) is 5.32 Å². The van der Waals surface area contributed by atoms with Gasteiger partial charge in [-0.1, -0.05) is 19.9 Å². The lowest BCUT2D eigenvalue weighted by atomic mass is 10.1. The van der Waals surface area contributed by atoms with Crippen molar-refractivity contribution in [2.24, 2.45) is 0 Å². The monoisotopic (exact) mass is 328 g/mol. The van der Waals surface area contributed by atoms with Crippen LogP contribution >= 0.6 is 15.9 Å². The van der Waals surface area contributed by atoms with Gasteiger partial charge in [-0.2, -0.15) is 0 Å². The van der Waals surface area contributed by atoms with E-state index < -0.39 is 6.10 Å². The third-order valence-corrected chi connectivity index (χ3v) is 3.85. The predicted molar refractivity (Wildman–Crippen MR) is 81.2 cm³/mol. The lowest BCUT2D eigenvalue weighted by Crippen LogP contribution is -2.42. The van der Waals surface area contributed by atoms with Crippen LogP contribution in [0, 0.1) is 0 Å². The first-order valence-corrected chi connectivity index (χ1v) is 7.29. The average molecular weight is 329 g/mol. The summed E-state index contributed by atoms with van der Waals surface area (Å²) in [6.07, 6.45) is 1.27. The number of nitrogens with two attached hydrogens (primary N) is 1. The SMILES string of the molecule is CCC(CC)NC(=O)C(C)Oc1cccc(N)c1Br. The van der Waals surface area contributed by atoms with Crippen molar-refractivity contribution >= 4 is 27.5 Å². The van der Waals surface area contributed by atoms with Crippen molar-refractivity contribution in [3.05, 3.63) is 22.7 Å². The minimum atomic E-state index is -0.557. The number of nitrogens with one attached hydrogen (secondary N) is 1. The number of hydrogen-bond acceptors (Lipinski definition) is 3.